The van der Waals surface area contributed by atoms with E-state index < -0.39 is 5.60 Å². The van der Waals surface area contributed by atoms with Crippen molar-refractivity contribution in [1.82, 2.24) is 4.90 Å². The average molecular weight is 169 g/mol. The van der Waals surface area contributed by atoms with Crippen LogP contribution < -0.4 is 0 Å². The first-order chi connectivity index (χ1) is 5.54. The van der Waals surface area contributed by atoms with Crippen molar-refractivity contribution in [3.05, 3.63) is 11.6 Å². The van der Waals surface area contributed by atoms with Gasteiger partial charge in [0, 0.05) is 13.1 Å². The van der Waals surface area contributed by atoms with Gasteiger partial charge in [-0.3, -0.25) is 4.90 Å². The highest BCUT2D eigenvalue weighted by Gasteiger charge is 2.22. The fraction of sp³-hybridized carbons (Fsp3) is 0.800. The summed E-state index contributed by atoms with van der Waals surface area (Å²) >= 11 is 0. The smallest absolute Gasteiger partial charge is 0.0813 e. The molecule has 0 aromatic rings. The Kier molecular flexibility index (Phi) is 2.91. The summed E-state index contributed by atoms with van der Waals surface area (Å²) in [6, 6.07) is 0. The summed E-state index contributed by atoms with van der Waals surface area (Å²) in [5.41, 5.74) is 0.531. The molecule has 2 heteroatoms. The van der Waals surface area contributed by atoms with Gasteiger partial charge in [-0.25, -0.2) is 0 Å². The normalized spacial score (nSPS) is 20.8. The fourth-order valence-electron chi connectivity index (χ4n) is 1.52. The van der Waals surface area contributed by atoms with E-state index >= 15 is 0 Å². The summed E-state index contributed by atoms with van der Waals surface area (Å²) in [4.78, 5) is 2.35. The largest absolute Gasteiger partial charge is 0.386 e. The number of nitrogens with zero attached hydrogens (tertiary/aromatic N) is 1. The minimum atomic E-state index is -0.631. The maximum atomic E-state index is 9.76. The van der Waals surface area contributed by atoms with Gasteiger partial charge in [-0.2, -0.15) is 0 Å². The summed E-state index contributed by atoms with van der Waals surface area (Å²) in [6.45, 7) is 9.02. The Morgan fingerprint density at radius 1 is 1.58 bits per heavy atom. The van der Waals surface area contributed by atoms with Gasteiger partial charge in [0.05, 0.1) is 5.60 Å². The zero-order valence-electron chi connectivity index (χ0n) is 8.30. The Morgan fingerprint density at radius 3 is 2.75 bits per heavy atom. The van der Waals surface area contributed by atoms with E-state index in [9.17, 15) is 5.11 Å². The topological polar surface area (TPSA) is 23.5 Å². The molecule has 0 saturated heterocycles. The van der Waals surface area contributed by atoms with Gasteiger partial charge in [0.1, 0.15) is 0 Å². The Labute approximate surface area is 74.9 Å². The zero-order valence-corrected chi connectivity index (χ0v) is 8.30. The van der Waals surface area contributed by atoms with E-state index in [1.165, 1.54) is 0 Å². The summed E-state index contributed by atoms with van der Waals surface area (Å²) < 4.78 is 0. The van der Waals surface area contributed by atoms with Crippen molar-refractivity contribution >= 4 is 0 Å². The zero-order chi connectivity index (χ0) is 9.19. The minimum absolute atomic E-state index is 0.631. The Morgan fingerprint density at radius 2 is 2.25 bits per heavy atom. The summed E-state index contributed by atoms with van der Waals surface area (Å²) in [5.74, 6) is 0. The molecule has 2 nitrogen and oxygen atoms in total. The number of rotatable bonds is 2. The van der Waals surface area contributed by atoms with Gasteiger partial charge >= 0.3 is 0 Å². The van der Waals surface area contributed by atoms with Crippen LogP contribution in [-0.2, 0) is 0 Å². The first-order valence-corrected chi connectivity index (χ1v) is 4.68. The molecule has 12 heavy (non-hydrogen) atoms. The number of hydrogen-bond donors (Lipinski definition) is 1. The molecule has 0 bridgehead atoms. The maximum absolute atomic E-state index is 9.76. The lowest BCUT2D eigenvalue weighted by Gasteiger charge is -2.31. The fourth-order valence-corrected chi connectivity index (χ4v) is 1.52. The lowest BCUT2D eigenvalue weighted by molar-refractivity contribution is 0.105. The van der Waals surface area contributed by atoms with Crippen LogP contribution in [-0.4, -0.2) is 35.2 Å². The Balaban J connectivity index is 2.61. The molecule has 0 atom stereocenters. The van der Waals surface area contributed by atoms with Crippen molar-refractivity contribution in [2.75, 3.05) is 19.6 Å². The molecule has 1 rings (SSSR count). The Bertz CT molecular complexity index is 179. The highest BCUT2D eigenvalue weighted by Crippen LogP contribution is 2.20. The molecular formula is C10H19NO. The second kappa shape index (κ2) is 3.58. The van der Waals surface area contributed by atoms with Crippen LogP contribution in [0.4, 0.5) is 0 Å². The van der Waals surface area contributed by atoms with Crippen LogP contribution >= 0.6 is 0 Å². The standard InChI is InChI=1S/C10H19NO/c1-4-11-7-5-6-9(8-11)10(2,3)12/h6,12H,4-5,7-8H2,1-3H3. The SMILES string of the molecule is CCN1CCC=C(C(C)(C)O)C1. The summed E-state index contributed by atoms with van der Waals surface area (Å²) in [7, 11) is 0. The van der Waals surface area contributed by atoms with Crippen molar-refractivity contribution < 1.29 is 5.11 Å². The van der Waals surface area contributed by atoms with Crippen LogP contribution in [0.3, 0.4) is 0 Å². The van der Waals surface area contributed by atoms with Gasteiger partial charge in [-0.15, -0.1) is 0 Å². The van der Waals surface area contributed by atoms with Crippen LogP contribution in [0, 0.1) is 0 Å². The van der Waals surface area contributed by atoms with Crippen molar-refractivity contribution in [3.8, 4) is 0 Å². The van der Waals surface area contributed by atoms with Crippen molar-refractivity contribution in [2.24, 2.45) is 0 Å². The number of likely N-dealkylation sites (N-methyl/N-ethyl adjacent to an activating group) is 1. The van der Waals surface area contributed by atoms with Gasteiger partial charge in [0.25, 0.3) is 0 Å². The van der Waals surface area contributed by atoms with Crippen molar-refractivity contribution in [3.63, 3.8) is 0 Å². The predicted molar refractivity (Wildman–Crippen MR) is 51.1 cm³/mol. The van der Waals surface area contributed by atoms with Crippen LogP contribution in [0.25, 0.3) is 0 Å². The van der Waals surface area contributed by atoms with Crippen LogP contribution in [0.15, 0.2) is 11.6 Å². The molecule has 0 saturated carbocycles. The maximum Gasteiger partial charge on any atom is 0.0813 e. The van der Waals surface area contributed by atoms with Gasteiger partial charge in [0.2, 0.25) is 0 Å². The quantitative estimate of drug-likeness (QED) is 0.632. The Hall–Kier alpha value is -0.340. The second-order valence-electron chi connectivity index (χ2n) is 3.95. The molecule has 1 N–H and O–H groups in total. The molecular weight excluding hydrogens is 150 g/mol. The molecule has 1 aliphatic rings. The highest BCUT2D eigenvalue weighted by atomic mass is 16.3. The number of aliphatic hydroxyl groups is 1. The van der Waals surface area contributed by atoms with Gasteiger partial charge in [-0.1, -0.05) is 13.0 Å². The van der Waals surface area contributed by atoms with Gasteiger partial charge in [0.15, 0.2) is 0 Å². The minimum Gasteiger partial charge on any atom is -0.386 e. The summed E-state index contributed by atoms with van der Waals surface area (Å²) in [6.07, 6.45) is 3.25. The van der Waals surface area contributed by atoms with E-state index in [4.69, 9.17) is 0 Å². The second-order valence-corrected chi connectivity index (χ2v) is 3.95. The molecule has 0 aliphatic carbocycles. The monoisotopic (exact) mass is 169 g/mol. The third-order valence-electron chi connectivity index (χ3n) is 2.46. The van der Waals surface area contributed by atoms with Crippen LogP contribution in [0.1, 0.15) is 27.2 Å². The summed E-state index contributed by atoms with van der Waals surface area (Å²) in [5, 5.41) is 9.76. The first-order valence-electron chi connectivity index (χ1n) is 4.68. The van der Waals surface area contributed by atoms with Crippen LogP contribution in [0.5, 0.6) is 0 Å². The number of hydrogen-bond acceptors (Lipinski definition) is 2. The van der Waals surface area contributed by atoms with Crippen molar-refractivity contribution in [2.45, 2.75) is 32.8 Å². The molecule has 0 aromatic carbocycles. The molecule has 1 heterocycles. The first kappa shape index (κ1) is 9.75. The molecule has 0 aromatic heterocycles. The van der Waals surface area contributed by atoms with Crippen LogP contribution in [0.2, 0.25) is 0 Å². The van der Waals surface area contributed by atoms with E-state index in [1.807, 2.05) is 13.8 Å². The third-order valence-corrected chi connectivity index (χ3v) is 2.46. The van der Waals surface area contributed by atoms with E-state index in [1.54, 1.807) is 0 Å². The average Bonchev–Trinajstić information content (AvgIpc) is 2.03. The third kappa shape index (κ3) is 2.32. The van der Waals surface area contributed by atoms with Gasteiger partial charge < -0.3 is 5.11 Å². The lowest BCUT2D eigenvalue weighted by Crippen LogP contribution is -2.37. The molecule has 0 amide bonds. The van der Waals surface area contributed by atoms with E-state index in [-0.39, 0.29) is 0 Å². The van der Waals surface area contributed by atoms with Crippen molar-refractivity contribution in [1.29, 1.82) is 0 Å². The highest BCUT2D eigenvalue weighted by molar-refractivity contribution is 5.17. The predicted octanol–water partition coefficient (Wildman–Crippen LogP) is 1.41. The molecule has 0 radical (unpaired) electrons. The molecule has 1 aliphatic heterocycles. The van der Waals surface area contributed by atoms with E-state index in [0.29, 0.717) is 0 Å². The lowest BCUT2D eigenvalue weighted by atomic mass is 9.94. The molecule has 0 fully saturated rings. The van der Waals surface area contributed by atoms with E-state index in [2.05, 4.69) is 17.9 Å². The molecule has 0 unspecified atom stereocenters. The van der Waals surface area contributed by atoms with E-state index in [0.717, 1.165) is 31.6 Å². The van der Waals surface area contributed by atoms with Gasteiger partial charge in [-0.05, 0) is 32.4 Å². The molecule has 70 valence electrons. The molecule has 0 spiro atoms.